The van der Waals surface area contributed by atoms with E-state index in [0.717, 1.165) is 32.1 Å². The van der Waals surface area contributed by atoms with Gasteiger partial charge in [-0.2, -0.15) is 0 Å². The number of thiophene rings is 1. The topological polar surface area (TPSA) is 73.1 Å². The molecule has 0 bridgehead atoms. The van der Waals surface area contributed by atoms with Gasteiger partial charge in [0, 0.05) is 24.6 Å². The van der Waals surface area contributed by atoms with Gasteiger partial charge >= 0.3 is 5.69 Å². The molecule has 2 aromatic heterocycles. The second-order valence-electron chi connectivity index (χ2n) is 8.52. The largest absolute Gasteiger partial charge is 0.356 e. The van der Waals surface area contributed by atoms with Crippen LogP contribution >= 0.6 is 11.3 Å². The highest BCUT2D eigenvalue weighted by Crippen LogP contribution is 2.30. The first kappa shape index (κ1) is 22.5. The normalized spacial score (nSPS) is 18.7. The van der Waals surface area contributed by atoms with Gasteiger partial charge in [0.15, 0.2) is 0 Å². The van der Waals surface area contributed by atoms with Gasteiger partial charge < -0.3 is 5.32 Å². The number of fused-ring (bicyclic) bond motifs is 1. The van der Waals surface area contributed by atoms with E-state index in [0.29, 0.717) is 28.9 Å². The number of hydrogen-bond donors (Lipinski definition) is 1. The minimum absolute atomic E-state index is 0.00649. The quantitative estimate of drug-likeness (QED) is 0.587. The van der Waals surface area contributed by atoms with E-state index < -0.39 is 5.69 Å². The summed E-state index contributed by atoms with van der Waals surface area (Å²) in [5.74, 6) is -0.100. The molecule has 0 saturated heterocycles. The highest BCUT2D eigenvalue weighted by atomic mass is 32.1. The van der Waals surface area contributed by atoms with Crippen molar-refractivity contribution in [3.05, 3.63) is 67.9 Å². The molecule has 6 nitrogen and oxygen atoms in total. The molecule has 1 aliphatic carbocycles. The summed E-state index contributed by atoms with van der Waals surface area (Å²) in [5.41, 5.74) is 0.256. The fourth-order valence-electron chi connectivity index (χ4n) is 4.50. The molecule has 8 heteroatoms. The lowest BCUT2D eigenvalue weighted by atomic mass is 9.81. The van der Waals surface area contributed by atoms with Crippen molar-refractivity contribution in [2.45, 2.75) is 52.1 Å². The van der Waals surface area contributed by atoms with Crippen LogP contribution in [-0.2, 0) is 17.9 Å². The van der Waals surface area contributed by atoms with Crippen LogP contribution in [-0.4, -0.2) is 21.6 Å². The molecule has 0 unspecified atom stereocenters. The van der Waals surface area contributed by atoms with Crippen molar-refractivity contribution < 1.29 is 9.18 Å². The van der Waals surface area contributed by atoms with Crippen LogP contribution in [0.4, 0.5) is 4.39 Å². The zero-order valence-electron chi connectivity index (χ0n) is 18.2. The molecule has 0 spiro atoms. The molecule has 1 saturated carbocycles. The molecule has 1 fully saturated rings. The lowest BCUT2D eigenvalue weighted by molar-refractivity contribution is -0.126. The Balaban J connectivity index is 1.58. The van der Waals surface area contributed by atoms with Gasteiger partial charge in [-0.15, -0.1) is 11.3 Å². The zero-order valence-corrected chi connectivity index (χ0v) is 19.0. The highest BCUT2D eigenvalue weighted by molar-refractivity contribution is 7.17. The Bertz CT molecular complexity index is 1220. The number of hydrogen-bond acceptors (Lipinski definition) is 4. The van der Waals surface area contributed by atoms with E-state index in [9.17, 15) is 18.8 Å². The molecule has 32 heavy (non-hydrogen) atoms. The van der Waals surface area contributed by atoms with E-state index in [2.05, 4.69) is 5.32 Å². The Morgan fingerprint density at radius 3 is 2.59 bits per heavy atom. The predicted molar refractivity (Wildman–Crippen MR) is 125 cm³/mol. The molecule has 1 N–H and O–H groups in total. The lowest BCUT2D eigenvalue weighted by Crippen LogP contribution is -2.42. The van der Waals surface area contributed by atoms with E-state index in [-0.39, 0.29) is 35.7 Å². The van der Waals surface area contributed by atoms with Crippen molar-refractivity contribution in [2.75, 3.05) is 6.54 Å². The first-order chi connectivity index (χ1) is 15.5. The fraction of sp³-hybridized carbons (Fsp3) is 0.458. The first-order valence-electron chi connectivity index (χ1n) is 11.2. The summed E-state index contributed by atoms with van der Waals surface area (Å²) in [6.07, 6.45) is 4.03. The number of amides is 1. The molecule has 0 radical (unpaired) electrons. The molecular weight excluding hydrogens is 429 g/mol. The van der Waals surface area contributed by atoms with Crippen LogP contribution in [0, 0.1) is 17.7 Å². The highest BCUT2D eigenvalue weighted by Gasteiger charge is 2.27. The number of carbonyl (C=O) groups excluding carboxylic acids is 1. The Labute approximate surface area is 189 Å². The number of carbonyl (C=O) groups is 1. The smallest absolute Gasteiger partial charge is 0.331 e. The van der Waals surface area contributed by atoms with Crippen LogP contribution in [0.1, 0.15) is 44.6 Å². The van der Waals surface area contributed by atoms with Gasteiger partial charge in [0.1, 0.15) is 10.5 Å². The molecule has 170 valence electrons. The van der Waals surface area contributed by atoms with Crippen molar-refractivity contribution >= 4 is 27.5 Å². The van der Waals surface area contributed by atoms with Crippen molar-refractivity contribution in [3.8, 4) is 0 Å². The standard InChI is InChI=1S/C24H28FN3O3S/c1-2-12-26-22(29)17-9-7-16(8-10-17)14-28-23(30)21-20(11-13-32-21)27(24(28)31)15-18-5-3-4-6-19(18)25/h3-6,11,13,16-17H,2,7-10,12,14-15H2,1H3,(H,26,29). The molecule has 1 aliphatic rings. The summed E-state index contributed by atoms with van der Waals surface area (Å²) in [6.45, 7) is 3.12. The third-order valence-electron chi connectivity index (χ3n) is 6.33. The van der Waals surface area contributed by atoms with Gasteiger partial charge in [-0.3, -0.25) is 18.7 Å². The van der Waals surface area contributed by atoms with Crippen LogP contribution < -0.4 is 16.6 Å². The second-order valence-corrected chi connectivity index (χ2v) is 9.44. The summed E-state index contributed by atoms with van der Waals surface area (Å²) in [6, 6.07) is 8.12. The minimum atomic E-state index is -0.410. The molecule has 1 aromatic carbocycles. The van der Waals surface area contributed by atoms with Crippen molar-refractivity contribution in [3.63, 3.8) is 0 Å². The SMILES string of the molecule is CCCNC(=O)C1CCC(Cn2c(=O)c3sccc3n(Cc3ccccc3F)c2=O)CC1. The lowest BCUT2D eigenvalue weighted by Gasteiger charge is -2.28. The first-order valence-corrected chi connectivity index (χ1v) is 12.1. The third kappa shape index (κ3) is 4.55. The summed E-state index contributed by atoms with van der Waals surface area (Å²) < 4.78 is 17.6. The monoisotopic (exact) mass is 457 g/mol. The summed E-state index contributed by atoms with van der Waals surface area (Å²) in [7, 11) is 0. The van der Waals surface area contributed by atoms with Gasteiger partial charge in [0.25, 0.3) is 5.56 Å². The van der Waals surface area contributed by atoms with E-state index >= 15 is 0 Å². The second kappa shape index (κ2) is 9.81. The van der Waals surface area contributed by atoms with Gasteiger partial charge in [-0.05, 0) is 55.5 Å². The van der Waals surface area contributed by atoms with Gasteiger partial charge in [0.2, 0.25) is 5.91 Å². The maximum atomic E-state index is 14.3. The predicted octanol–water partition coefficient (Wildman–Crippen LogP) is 3.74. The number of rotatable bonds is 7. The zero-order chi connectivity index (χ0) is 22.7. The van der Waals surface area contributed by atoms with Crippen molar-refractivity contribution in [2.24, 2.45) is 11.8 Å². The maximum Gasteiger partial charge on any atom is 0.331 e. The fourth-order valence-corrected chi connectivity index (χ4v) is 5.35. The van der Waals surface area contributed by atoms with Crippen LogP contribution in [0.2, 0.25) is 0 Å². The van der Waals surface area contributed by atoms with Crippen molar-refractivity contribution in [1.82, 2.24) is 14.5 Å². The molecule has 1 amide bonds. The number of benzene rings is 1. The van der Waals surface area contributed by atoms with Gasteiger partial charge in [-0.1, -0.05) is 25.1 Å². The number of aromatic nitrogens is 2. The summed E-state index contributed by atoms with van der Waals surface area (Å²) >= 11 is 1.30. The van der Waals surface area contributed by atoms with Crippen LogP contribution in [0.5, 0.6) is 0 Å². The molecule has 3 aromatic rings. The van der Waals surface area contributed by atoms with E-state index in [1.807, 2.05) is 6.92 Å². The van der Waals surface area contributed by atoms with Gasteiger partial charge in [0.05, 0.1) is 12.1 Å². The molecule has 4 rings (SSSR count). The third-order valence-corrected chi connectivity index (χ3v) is 7.22. The summed E-state index contributed by atoms with van der Waals surface area (Å²) in [5, 5.41) is 4.75. The van der Waals surface area contributed by atoms with Gasteiger partial charge in [-0.25, -0.2) is 9.18 Å². The van der Waals surface area contributed by atoms with E-state index in [1.54, 1.807) is 29.6 Å². The number of nitrogens with one attached hydrogen (secondary N) is 1. The van der Waals surface area contributed by atoms with Crippen molar-refractivity contribution in [1.29, 1.82) is 0 Å². The number of nitrogens with zero attached hydrogens (tertiary/aromatic N) is 2. The number of halogens is 1. The van der Waals surface area contributed by atoms with Crippen LogP contribution in [0.15, 0.2) is 45.3 Å². The Hall–Kier alpha value is -2.74. The average Bonchev–Trinajstić information content (AvgIpc) is 3.29. The van der Waals surface area contributed by atoms with E-state index in [4.69, 9.17) is 0 Å². The van der Waals surface area contributed by atoms with Crippen LogP contribution in [0.3, 0.4) is 0 Å². The summed E-state index contributed by atoms with van der Waals surface area (Å²) in [4.78, 5) is 38.6. The average molecular weight is 458 g/mol. The molecule has 2 heterocycles. The minimum Gasteiger partial charge on any atom is -0.356 e. The molecule has 0 atom stereocenters. The molecule has 0 aliphatic heterocycles. The Kier molecular flexibility index (Phi) is 6.89. The molecular formula is C24H28FN3O3S. The van der Waals surface area contributed by atoms with Crippen LogP contribution in [0.25, 0.3) is 10.2 Å². The Morgan fingerprint density at radius 1 is 1.12 bits per heavy atom. The van der Waals surface area contributed by atoms with E-state index in [1.165, 1.54) is 26.5 Å². The Morgan fingerprint density at radius 2 is 1.88 bits per heavy atom. The maximum absolute atomic E-state index is 14.3.